The molecule has 1 aliphatic heterocycles. The molecule has 2 N–H and O–H groups in total. The van der Waals surface area contributed by atoms with Crippen LogP contribution in [0.2, 0.25) is 0 Å². The number of hydrogen-bond donors (Lipinski definition) is 1. The van der Waals surface area contributed by atoms with Gasteiger partial charge >= 0.3 is 6.18 Å². The minimum absolute atomic E-state index is 0.0302. The molecule has 0 aliphatic carbocycles. The Kier molecular flexibility index (Phi) is 2.55. The van der Waals surface area contributed by atoms with Crippen LogP contribution < -0.4 is 5.73 Å². The summed E-state index contributed by atoms with van der Waals surface area (Å²) in [6.45, 7) is -0.0302. The highest BCUT2D eigenvalue weighted by Crippen LogP contribution is 2.37. The molecular weight excluding hydrogens is 255 g/mol. The van der Waals surface area contributed by atoms with E-state index in [1.165, 1.54) is 0 Å². The van der Waals surface area contributed by atoms with E-state index >= 15 is 0 Å². The van der Waals surface area contributed by atoms with Crippen molar-refractivity contribution in [2.75, 3.05) is 6.54 Å². The molecule has 3 nitrogen and oxygen atoms in total. The topological polar surface area (TPSA) is 60.2 Å². The lowest BCUT2D eigenvalue weighted by Crippen LogP contribution is -2.07. The average molecular weight is 263 g/mol. The minimum atomic E-state index is -4.56. The van der Waals surface area contributed by atoms with Crippen LogP contribution in [0.25, 0.3) is 5.57 Å². The molecule has 0 saturated carbocycles. The third-order valence-corrected chi connectivity index (χ3v) is 4.02. The summed E-state index contributed by atoms with van der Waals surface area (Å²) in [6, 6.07) is 2.63. The highest BCUT2D eigenvalue weighted by Gasteiger charge is 2.34. The van der Waals surface area contributed by atoms with Crippen LogP contribution in [-0.2, 0) is 16.0 Å². The maximum atomic E-state index is 12.5. The molecule has 0 amide bonds. The Morgan fingerprint density at radius 2 is 1.88 bits per heavy atom. The lowest BCUT2D eigenvalue weighted by molar-refractivity contribution is -0.137. The van der Waals surface area contributed by atoms with Crippen molar-refractivity contribution < 1.29 is 21.6 Å². The Bertz CT molecular complexity index is 602. The number of fused-ring (bicyclic) bond motifs is 1. The lowest BCUT2D eigenvalue weighted by atomic mass is 10.1. The predicted molar refractivity (Wildman–Crippen MR) is 55.7 cm³/mol. The summed E-state index contributed by atoms with van der Waals surface area (Å²) in [5.41, 5.74) is 4.94. The van der Waals surface area contributed by atoms with Gasteiger partial charge in [0.1, 0.15) is 0 Å². The Hall–Kier alpha value is -1.34. The highest BCUT2D eigenvalue weighted by atomic mass is 32.2. The van der Waals surface area contributed by atoms with Crippen LogP contribution in [0.5, 0.6) is 0 Å². The van der Waals surface area contributed by atoms with Gasteiger partial charge in [-0.3, -0.25) is 0 Å². The predicted octanol–water partition coefficient (Wildman–Crippen LogP) is 1.79. The van der Waals surface area contributed by atoms with Gasteiger partial charge in [-0.05, 0) is 23.3 Å². The lowest BCUT2D eigenvalue weighted by Gasteiger charge is -2.09. The van der Waals surface area contributed by atoms with Gasteiger partial charge in [0.15, 0.2) is 0 Å². The van der Waals surface area contributed by atoms with E-state index in [0.29, 0.717) is 11.6 Å². The molecule has 0 radical (unpaired) electrons. The molecule has 0 bridgehead atoms. The van der Waals surface area contributed by atoms with Crippen LogP contribution in [0.15, 0.2) is 28.5 Å². The molecule has 0 saturated heterocycles. The minimum Gasteiger partial charge on any atom is -0.326 e. The van der Waals surface area contributed by atoms with E-state index in [1.54, 1.807) is 0 Å². The van der Waals surface area contributed by atoms with Crippen molar-refractivity contribution in [1.82, 2.24) is 0 Å². The van der Waals surface area contributed by atoms with Gasteiger partial charge in [0.2, 0.25) is 9.84 Å². The van der Waals surface area contributed by atoms with Crippen molar-refractivity contribution in [3.63, 3.8) is 0 Å². The van der Waals surface area contributed by atoms with Crippen LogP contribution in [-0.4, -0.2) is 15.0 Å². The second kappa shape index (κ2) is 3.58. The molecule has 0 fully saturated rings. The molecule has 2 rings (SSSR count). The van der Waals surface area contributed by atoms with E-state index < -0.39 is 21.6 Å². The zero-order valence-corrected chi connectivity index (χ0v) is 9.27. The molecule has 7 heteroatoms. The fourth-order valence-corrected chi connectivity index (χ4v) is 3.19. The van der Waals surface area contributed by atoms with Crippen molar-refractivity contribution in [3.8, 4) is 0 Å². The molecule has 1 aromatic carbocycles. The van der Waals surface area contributed by atoms with Gasteiger partial charge in [0.05, 0.1) is 10.5 Å². The molecule has 0 atom stereocenters. The first-order valence-electron chi connectivity index (χ1n) is 4.63. The van der Waals surface area contributed by atoms with Crippen LogP contribution in [0, 0.1) is 0 Å². The van der Waals surface area contributed by atoms with Crippen molar-refractivity contribution in [3.05, 3.63) is 34.7 Å². The largest absolute Gasteiger partial charge is 0.416 e. The Morgan fingerprint density at radius 1 is 1.24 bits per heavy atom. The third kappa shape index (κ3) is 1.96. The first-order chi connectivity index (χ1) is 7.75. The first kappa shape index (κ1) is 12.1. The van der Waals surface area contributed by atoms with Gasteiger partial charge < -0.3 is 5.73 Å². The fraction of sp³-hybridized carbons (Fsp3) is 0.200. The van der Waals surface area contributed by atoms with E-state index in [9.17, 15) is 21.6 Å². The van der Waals surface area contributed by atoms with Gasteiger partial charge in [0, 0.05) is 12.0 Å². The second-order valence-electron chi connectivity index (χ2n) is 3.60. The average Bonchev–Trinajstić information content (AvgIpc) is 2.49. The monoisotopic (exact) mass is 263 g/mol. The molecule has 1 aliphatic rings. The SMILES string of the molecule is NCC1=CS(=O)(=O)c2cc(C(F)(F)F)ccc21. The van der Waals surface area contributed by atoms with E-state index in [2.05, 4.69) is 0 Å². The van der Waals surface area contributed by atoms with Crippen LogP contribution >= 0.6 is 0 Å². The summed E-state index contributed by atoms with van der Waals surface area (Å²) >= 11 is 0. The van der Waals surface area contributed by atoms with Crippen molar-refractivity contribution in [2.45, 2.75) is 11.1 Å². The van der Waals surface area contributed by atoms with E-state index in [0.717, 1.165) is 17.5 Å². The number of hydrogen-bond acceptors (Lipinski definition) is 3. The number of alkyl halides is 3. The van der Waals surface area contributed by atoms with Gasteiger partial charge in [0.25, 0.3) is 0 Å². The maximum absolute atomic E-state index is 12.5. The van der Waals surface area contributed by atoms with Crippen molar-refractivity contribution >= 4 is 15.4 Å². The number of benzene rings is 1. The molecule has 92 valence electrons. The molecular formula is C10H8F3NO2S. The number of halogens is 3. The van der Waals surface area contributed by atoms with Crippen LogP contribution in [0.3, 0.4) is 0 Å². The number of sulfone groups is 1. The van der Waals surface area contributed by atoms with Gasteiger partial charge in [-0.15, -0.1) is 0 Å². The normalized spacial score (nSPS) is 17.8. The summed E-state index contributed by atoms with van der Waals surface area (Å²) in [4.78, 5) is -0.326. The Labute approximate surface area is 95.7 Å². The van der Waals surface area contributed by atoms with Crippen LogP contribution in [0.4, 0.5) is 13.2 Å². The van der Waals surface area contributed by atoms with Crippen molar-refractivity contribution in [2.24, 2.45) is 5.73 Å². The van der Waals surface area contributed by atoms with E-state index in [-0.39, 0.29) is 17.0 Å². The van der Waals surface area contributed by atoms with Gasteiger partial charge in [-0.25, -0.2) is 8.42 Å². The molecule has 1 heterocycles. The van der Waals surface area contributed by atoms with Gasteiger partial charge in [-0.1, -0.05) is 6.07 Å². The van der Waals surface area contributed by atoms with Crippen LogP contribution in [0.1, 0.15) is 11.1 Å². The highest BCUT2D eigenvalue weighted by molar-refractivity contribution is 7.95. The van der Waals surface area contributed by atoms with Crippen molar-refractivity contribution in [1.29, 1.82) is 0 Å². The maximum Gasteiger partial charge on any atom is 0.416 e. The Morgan fingerprint density at radius 3 is 2.41 bits per heavy atom. The number of nitrogens with two attached hydrogens (primary N) is 1. The fourth-order valence-electron chi connectivity index (χ4n) is 1.67. The standard InChI is InChI=1S/C10H8F3NO2S/c11-10(12,13)7-1-2-8-6(4-14)5-17(15,16)9(8)3-7/h1-3,5H,4,14H2. The van der Waals surface area contributed by atoms with Gasteiger partial charge in [-0.2, -0.15) is 13.2 Å². The summed E-state index contributed by atoms with van der Waals surface area (Å²) in [7, 11) is -3.79. The summed E-state index contributed by atoms with van der Waals surface area (Å²) < 4.78 is 60.6. The smallest absolute Gasteiger partial charge is 0.326 e. The third-order valence-electron chi connectivity index (χ3n) is 2.48. The molecule has 17 heavy (non-hydrogen) atoms. The molecule has 0 unspecified atom stereocenters. The van der Waals surface area contributed by atoms with E-state index in [1.807, 2.05) is 0 Å². The zero-order valence-electron chi connectivity index (χ0n) is 8.45. The molecule has 0 aromatic heterocycles. The first-order valence-corrected chi connectivity index (χ1v) is 6.17. The summed E-state index contributed by atoms with van der Waals surface area (Å²) in [5.74, 6) is 0. The molecule has 1 aromatic rings. The zero-order chi connectivity index (χ0) is 12.8. The quantitative estimate of drug-likeness (QED) is 0.840. The Balaban J connectivity index is 2.66. The summed E-state index contributed by atoms with van der Waals surface area (Å²) in [6.07, 6.45) is -4.56. The number of rotatable bonds is 1. The molecule has 0 spiro atoms. The summed E-state index contributed by atoms with van der Waals surface area (Å²) in [5, 5.41) is 0.915. The second-order valence-corrected chi connectivity index (χ2v) is 5.37. The van der Waals surface area contributed by atoms with E-state index in [4.69, 9.17) is 5.73 Å².